The first-order valence-corrected chi connectivity index (χ1v) is 12.7. The molecule has 1 fully saturated rings. The zero-order valence-electron chi connectivity index (χ0n) is 19.6. The van der Waals surface area contributed by atoms with E-state index in [0.717, 1.165) is 11.1 Å². The highest BCUT2D eigenvalue weighted by molar-refractivity contribution is 9.10. The highest BCUT2D eigenvalue weighted by atomic mass is 79.9. The summed E-state index contributed by atoms with van der Waals surface area (Å²) < 4.78 is 12.3. The second kappa shape index (κ2) is 11.5. The number of amides is 1. The number of benzene rings is 3. The van der Waals surface area contributed by atoms with Crippen molar-refractivity contribution >= 4 is 56.5 Å². The number of carboxylic acids is 1. The molecule has 0 saturated carbocycles. The van der Waals surface area contributed by atoms with E-state index in [4.69, 9.17) is 14.6 Å². The molecule has 0 aliphatic carbocycles. The first-order valence-electron chi connectivity index (χ1n) is 11.1. The van der Waals surface area contributed by atoms with E-state index in [1.54, 1.807) is 30.2 Å². The third-order valence-electron chi connectivity index (χ3n) is 5.32. The molecule has 1 heterocycles. The highest BCUT2D eigenvalue weighted by Gasteiger charge is 2.32. The van der Waals surface area contributed by atoms with Crippen LogP contribution in [0.5, 0.6) is 11.5 Å². The SMILES string of the molecule is CCN1C(=O)/C(=C\c2cc(Br)c(OCc3ccccc3)c(OC)c2)SC1=Nc1ccc(C(=O)O)cc1. The van der Waals surface area contributed by atoms with Crippen LogP contribution in [0.4, 0.5) is 5.69 Å². The molecular weight excluding hydrogens is 544 g/mol. The minimum Gasteiger partial charge on any atom is -0.493 e. The molecule has 0 unspecified atom stereocenters. The maximum absolute atomic E-state index is 13.1. The van der Waals surface area contributed by atoms with E-state index < -0.39 is 5.97 Å². The summed E-state index contributed by atoms with van der Waals surface area (Å²) >= 11 is 4.84. The van der Waals surface area contributed by atoms with Gasteiger partial charge in [0, 0.05) is 6.54 Å². The Morgan fingerprint density at radius 3 is 2.50 bits per heavy atom. The van der Waals surface area contributed by atoms with Crippen LogP contribution in [0.15, 0.2) is 81.1 Å². The predicted octanol–water partition coefficient (Wildman–Crippen LogP) is 6.36. The molecule has 1 aliphatic heterocycles. The molecule has 0 spiro atoms. The fraction of sp³-hybridized carbons (Fsp3) is 0.148. The van der Waals surface area contributed by atoms with Gasteiger partial charge >= 0.3 is 5.97 Å². The molecular formula is C27H23BrN2O5S. The van der Waals surface area contributed by atoms with Crippen molar-refractivity contribution < 1.29 is 24.2 Å². The van der Waals surface area contributed by atoms with Crippen molar-refractivity contribution in [1.82, 2.24) is 4.90 Å². The van der Waals surface area contributed by atoms with Gasteiger partial charge in [0.15, 0.2) is 16.7 Å². The average molecular weight is 567 g/mol. The highest BCUT2D eigenvalue weighted by Crippen LogP contribution is 2.40. The molecule has 1 saturated heterocycles. The maximum Gasteiger partial charge on any atom is 0.335 e. The number of aliphatic imine (C=N–C) groups is 1. The van der Waals surface area contributed by atoms with E-state index in [9.17, 15) is 9.59 Å². The Labute approximate surface area is 221 Å². The van der Waals surface area contributed by atoms with Gasteiger partial charge in [-0.25, -0.2) is 9.79 Å². The summed E-state index contributed by atoms with van der Waals surface area (Å²) in [6, 6.07) is 19.8. The van der Waals surface area contributed by atoms with Crippen molar-refractivity contribution in [3.05, 3.63) is 92.8 Å². The molecule has 0 aromatic heterocycles. The summed E-state index contributed by atoms with van der Waals surface area (Å²) in [5.74, 6) is -0.0282. The minimum absolute atomic E-state index is 0.150. The molecule has 9 heteroatoms. The Bertz CT molecular complexity index is 1340. The molecule has 0 atom stereocenters. The van der Waals surface area contributed by atoms with Crippen molar-refractivity contribution in [3.8, 4) is 11.5 Å². The van der Waals surface area contributed by atoms with Gasteiger partial charge in [-0.15, -0.1) is 0 Å². The quantitative estimate of drug-likeness (QED) is 0.319. The molecule has 3 aromatic rings. The fourth-order valence-corrected chi connectivity index (χ4v) is 5.14. The molecule has 1 aliphatic rings. The molecule has 3 aromatic carbocycles. The normalized spacial score (nSPS) is 15.5. The number of hydrogen-bond acceptors (Lipinski definition) is 6. The number of hydrogen-bond donors (Lipinski definition) is 1. The third-order valence-corrected chi connectivity index (χ3v) is 6.91. The summed E-state index contributed by atoms with van der Waals surface area (Å²) in [5, 5.41) is 9.62. The average Bonchev–Trinajstić information content (AvgIpc) is 3.17. The number of carbonyl (C=O) groups is 2. The Kier molecular flexibility index (Phi) is 8.12. The molecule has 36 heavy (non-hydrogen) atoms. The number of ether oxygens (including phenoxy) is 2. The van der Waals surface area contributed by atoms with Crippen LogP contribution in [0.1, 0.15) is 28.4 Å². The second-order valence-corrected chi connectivity index (χ2v) is 9.58. The first-order chi connectivity index (χ1) is 17.4. The maximum atomic E-state index is 13.1. The lowest BCUT2D eigenvalue weighted by molar-refractivity contribution is -0.122. The van der Waals surface area contributed by atoms with Gasteiger partial charge in [-0.1, -0.05) is 30.3 Å². The van der Waals surface area contributed by atoms with Crippen LogP contribution >= 0.6 is 27.7 Å². The first kappa shape index (κ1) is 25.5. The monoisotopic (exact) mass is 566 g/mol. The number of likely N-dealkylation sites (N-methyl/N-ethyl adjacent to an activating group) is 1. The van der Waals surface area contributed by atoms with Gasteiger partial charge in [0.1, 0.15) is 6.61 Å². The number of thioether (sulfide) groups is 1. The van der Waals surface area contributed by atoms with E-state index in [1.165, 1.54) is 23.9 Å². The van der Waals surface area contributed by atoms with E-state index in [2.05, 4.69) is 20.9 Å². The predicted molar refractivity (Wildman–Crippen MR) is 145 cm³/mol. The number of amidine groups is 1. The number of rotatable bonds is 8. The summed E-state index contributed by atoms with van der Waals surface area (Å²) in [4.78, 5) is 30.8. The number of methoxy groups -OCH3 is 1. The van der Waals surface area contributed by atoms with Crippen LogP contribution in [0.25, 0.3) is 6.08 Å². The van der Waals surface area contributed by atoms with Crippen molar-refractivity contribution in [1.29, 1.82) is 0 Å². The van der Waals surface area contributed by atoms with E-state index in [1.807, 2.05) is 49.4 Å². The number of carboxylic acid groups (broad SMARTS) is 1. The second-order valence-electron chi connectivity index (χ2n) is 7.71. The smallest absolute Gasteiger partial charge is 0.335 e. The van der Waals surface area contributed by atoms with Crippen LogP contribution in [0.2, 0.25) is 0 Å². The van der Waals surface area contributed by atoms with Gasteiger partial charge in [0.2, 0.25) is 0 Å². The summed E-state index contributed by atoms with van der Waals surface area (Å²) in [5.41, 5.74) is 2.55. The zero-order valence-corrected chi connectivity index (χ0v) is 22.0. The lowest BCUT2D eigenvalue weighted by Crippen LogP contribution is -2.28. The van der Waals surface area contributed by atoms with Gasteiger partial charge < -0.3 is 14.6 Å². The van der Waals surface area contributed by atoms with E-state index in [-0.39, 0.29) is 11.5 Å². The van der Waals surface area contributed by atoms with Crippen LogP contribution in [0.3, 0.4) is 0 Å². The largest absolute Gasteiger partial charge is 0.493 e. The summed E-state index contributed by atoms with van der Waals surface area (Å²) in [7, 11) is 1.57. The van der Waals surface area contributed by atoms with E-state index >= 15 is 0 Å². The topological polar surface area (TPSA) is 88.4 Å². The standard InChI is InChI=1S/C27H23BrN2O5S/c1-3-30-25(31)23(36-27(30)29-20-11-9-19(10-12-20)26(32)33)15-18-13-21(28)24(22(14-18)34-2)35-16-17-7-5-4-6-8-17/h4-15H,3,16H2,1-2H3,(H,32,33)/b23-15+,29-27?. The van der Waals surface area contributed by atoms with Crippen molar-refractivity contribution in [3.63, 3.8) is 0 Å². The Morgan fingerprint density at radius 1 is 1.14 bits per heavy atom. The van der Waals surface area contributed by atoms with Crippen molar-refractivity contribution in [2.24, 2.45) is 4.99 Å². The molecule has 4 rings (SSSR count). The fourth-order valence-electron chi connectivity index (χ4n) is 3.50. The van der Waals surface area contributed by atoms with Crippen molar-refractivity contribution in [2.45, 2.75) is 13.5 Å². The molecule has 0 radical (unpaired) electrons. The summed E-state index contributed by atoms with van der Waals surface area (Å²) in [6.07, 6.45) is 1.79. The Hall–Kier alpha value is -3.56. The van der Waals surface area contributed by atoms with Crippen LogP contribution in [-0.4, -0.2) is 40.7 Å². The van der Waals surface area contributed by atoms with Crippen molar-refractivity contribution in [2.75, 3.05) is 13.7 Å². The van der Waals surface area contributed by atoms with Gasteiger partial charge in [-0.2, -0.15) is 0 Å². The minimum atomic E-state index is -1.00. The molecule has 0 bridgehead atoms. The van der Waals surface area contributed by atoms with Gasteiger partial charge in [-0.05, 0) is 88.2 Å². The lowest BCUT2D eigenvalue weighted by atomic mass is 10.1. The summed E-state index contributed by atoms with van der Waals surface area (Å²) in [6.45, 7) is 2.72. The zero-order chi connectivity index (χ0) is 25.7. The molecule has 184 valence electrons. The van der Waals surface area contributed by atoms with Gasteiger partial charge in [-0.3, -0.25) is 9.69 Å². The number of nitrogens with zero attached hydrogens (tertiary/aromatic N) is 2. The van der Waals surface area contributed by atoms with Crippen LogP contribution < -0.4 is 9.47 Å². The van der Waals surface area contributed by atoms with E-state index in [0.29, 0.717) is 44.9 Å². The molecule has 7 nitrogen and oxygen atoms in total. The van der Waals surface area contributed by atoms with Crippen LogP contribution in [0, 0.1) is 0 Å². The van der Waals surface area contributed by atoms with Gasteiger partial charge in [0.25, 0.3) is 5.91 Å². The Morgan fingerprint density at radius 2 is 1.86 bits per heavy atom. The molecule has 1 amide bonds. The number of halogens is 1. The van der Waals surface area contributed by atoms with Gasteiger partial charge in [0.05, 0.1) is 27.7 Å². The number of carbonyl (C=O) groups excluding carboxylic acids is 1. The number of aromatic carboxylic acids is 1. The Balaban J connectivity index is 1.58. The molecule has 1 N–H and O–H groups in total. The lowest BCUT2D eigenvalue weighted by Gasteiger charge is -2.14. The van der Waals surface area contributed by atoms with Crippen LogP contribution in [-0.2, 0) is 11.4 Å². The third kappa shape index (κ3) is 5.80.